The Hall–Kier alpha value is -2.95. The molecule has 1 aliphatic rings. The minimum absolute atomic E-state index is 0.135. The lowest BCUT2D eigenvalue weighted by molar-refractivity contribution is 0.0736. The third-order valence-electron chi connectivity index (χ3n) is 4.96. The van der Waals surface area contributed by atoms with E-state index in [1.54, 1.807) is 11.0 Å². The van der Waals surface area contributed by atoms with Gasteiger partial charge in [-0.15, -0.1) is 0 Å². The van der Waals surface area contributed by atoms with Crippen molar-refractivity contribution in [1.82, 2.24) is 19.7 Å². The van der Waals surface area contributed by atoms with Crippen molar-refractivity contribution in [2.24, 2.45) is 0 Å². The van der Waals surface area contributed by atoms with Gasteiger partial charge in [-0.25, -0.2) is 9.67 Å². The Balaban J connectivity index is 1.44. The summed E-state index contributed by atoms with van der Waals surface area (Å²) in [5, 5.41) is 4.11. The maximum atomic E-state index is 13.0. The van der Waals surface area contributed by atoms with Crippen LogP contribution in [0.15, 0.2) is 67.3 Å². The van der Waals surface area contributed by atoms with E-state index in [0.29, 0.717) is 12.6 Å². The van der Waals surface area contributed by atoms with E-state index in [1.807, 2.05) is 35.2 Å². The van der Waals surface area contributed by atoms with Gasteiger partial charge in [-0.3, -0.25) is 4.79 Å². The summed E-state index contributed by atoms with van der Waals surface area (Å²) >= 11 is 0. The van der Waals surface area contributed by atoms with E-state index in [4.69, 9.17) is 0 Å². The van der Waals surface area contributed by atoms with Crippen molar-refractivity contribution in [3.63, 3.8) is 0 Å². The van der Waals surface area contributed by atoms with Gasteiger partial charge in [0.15, 0.2) is 0 Å². The lowest BCUT2D eigenvalue weighted by Crippen LogP contribution is -2.36. The van der Waals surface area contributed by atoms with Gasteiger partial charge >= 0.3 is 0 Å². The predicted molar refractivity (Wildman–Crippen MR) is 99.8 cm³/mol. The van der Waals surface area contributed by atoms with Crippen LogP contribution in [0, 0.1) is 0 Å². The molecule has 132 valence electrons. The zero-order valence-corrected chi connectivity index (χ0v) is 14.7. The Morgan fingerprint density at radius 1 is 1.04 bits per heavy atom. The summed E-state index contributed by atoms with van der Waals surface area (Å²) in [6.45, 7) is 1.51. The fourth-order valence-corrected chi connectivity index (χ4v) is 3.62. The molecule has 4 rings (SSSR count). The van der Waals surface area contributed by atoms with Gasteiger partial charge in [0.25, 0.3) is 5.91 Å². The molecule has 3 aromatic rings. The van der Waals surface area contributed by atoms with Crippen LogP contribution in [0.4, 0.5) is 0 Å². The summed E-state index contributed by atoms with van der Waals surface area (Å²) in [4.78, 5) is 19.0. The van der Waals surface area contributed by atoms with Gasteiger partial charge in [-0.1, -0.05) is 42.5 Å². The van der Waals surface area contributed by atoms with Gasteiger partial charge in [0.2, 0.25) is 0 Å². The molecule has 1 atom stereocenters. The number of rotatable bonds is 5. The quantitative estimate of drug-likeness (QED) is 0.713. The third kappa shape index (κ3) is 3.67. The Bertz CT molecular complexity index is 843. The van der Waals surface area contributed by atoms with Crippen LogP contribution in [0.25, 0.3) is 0 Å². The van der Waals surface area contributed by atoms with E-state index < -0.39 is 0 Å². The highest BCUT2D eigenvalue weighted by Gasteiger charge is 2.29. The van der Waals surface area contributed by atoms with Crippen molar-refractivity contribution in [3.8, 4) is 0 Å². The van der Waals surface area contributed by atoms with E-state index in [-0.39, 0.29) is 5.91 Å². The molecule has 0 aliphatic carbocycles. The third-order valence-corrected chi connectivity index (χ3v) is 4.96. The summed E-state index contributed by atoms with van der Waals surface area (Å²) in [7, 11) is 0. The topological polar surface area (TPSA) is 51.0 Å². The molecule has 0 spiro atoms. The van der Waals surface area contributed by atoms with Crippen LogP contribution in [0.1, 0.15) is 34.3 Å². The van der Waals surface area contributed by atoms with Crippen molar-refractivity contribution in [2.75, 3.05) is 6.54 Å². The van der Waals surface area contributed by atoms with E-state index >= 15 is 0 Å². The first kappa shape index (κ1) is 16.5. The summed E-state index contributed by atoms with van der Waals surface area (Å²) in [6, 6.07) is 18.6. The van der Waals surface area contributed by atoms with Crippen LogP contribution in [0.2, 0.25) is 0 Å². The number of benzene rings is 2. The Morgan fingerprint density at radius 2 is 1.85 bits per heavy atom. The second kappa shape index (κ2) is 7.52. The second-order valence-corrected chi connectivity index (χ2v) is 6.77. The number of likely N-dealkylation sites (tertiary alicyclic amines) is 1. The molecule has 26 heavy (non-hydrogen) atoms. The molecule has 0 radical (unpaired) electrons. The highest BCUT2D eigenvalue weighted by molar-refractivity contribution is 5.94. The molecule has 1 amide bonds. The molecule has 1 unspecified atom stereocenters. The molecule has 2 aromatic carbocycles. The van der Waals surface area contributed by atoms with Gasteiger partial charge in [-0.05, 0) is 42.5 Å². The SMILES string of the molecule is O=C(c1ccc(Cn2cncn2)cc1)N1CCCC1Cc1ccccc1. The zero-order valence-electron chi connectivity index (χ0n) is 14.7. The van der Waals surface area contributed by atoms with Crippen LogP contribution in [0.5, 0.6) is 0 Å². The molecule has 1 fully saturated rings. The Morgan fingerprint density at radius 3 is 2.58 bits per heavy atom. The molecule has 0 N–H and O–H groups in total. The standard InChI is InChI=1S/C21H22N4O/c26-21(19-10-8-18(9-11-19)14-24-16-22-15-23-24)25-12-4-7-20(25)13-17-5-2-1-3-6-17/h1-3,5-6,8-11,15-16,20H,4,7,12-14H2. The molecule has 0 saturated carbocycles. The summed E-state index contributed by atoms with van der Waals surface area (Å²) in [5.74, 6) is 0.135. The van der Waals surface area contributed by atoms with E-state index in [2.05, 4.69) is 34.3 Å². The van der Waals surface area contributed by atoms with Crippen LogP contribution in [-0.2, 0) is 13.0 Å². The van der Waals surface area contributed by atoms with E-state index in [0.717, 1.165) is 36.9 Å². The average Bonchev–Trinajstić information content (AvgIpc) is 3.35. The predicted octanol–water partition coefficient (Wildman–Crippen LogP) is 3.17. The van der Waals surface area contributed by atoms with Gasteiger partial charge in [0, 0.05) is 18.2 Å². The van der Waals surface area contributed by atoms with E-state index in [1.165, 1.54) is 11.9 Å². The first-order valence-corrected chi connectivity index (χ1v) is 9.06. The van der Waals surface area contributed by atoms with Gasteiger partial charge in [0.05, 0.1) is 6.54 Å². The number of carbonyl (C=O) groups excluding carboxylic acids is 1. The molecule has 5 nitrogen and oxygen atoms in total. The number of hydrogen-bond acceptors (Lipinski definition) is 3. The van der Waals surface area contributed by atoms with Crippen molar-refractivity contribution < 1.29 is 4.79 Å². The average molecular weight is 346 g/mol. The van der Waals surface area contributed by atoms with Crippen LogP contribution in [-0.4, -0.2) is 38.2 Å². The highest BCUT2D eigenvalue weighted by atomic mass is 16.2. The molecule has 1 aromatic heterocycles. The monoisotopic (exact) mass is 346 g/mol. The lowest BCUT2D eigenvalue weighted by Gasteiger charge is -2.25. The van der Waals surface area contributed by atoms with Gasteiger partial charge < -0.3 is 4.90 Å². The van der Waals surface area contributed by atoms with Crippen molar-refractivity contribution in [1.29, 1.82) is 0 Å². The minimum Gasteiger partial charge on any atom is -0.335 e. The number of carbonyl (C=O) groups is 1. The molecular formula is C21H22N4O. The smallest absolute Gasteiger partial charge is 0.254 e. The van der Waals surface area contributed by atoms with Crippen LogP contribution < -0.4 is 0 Å². The second-order valence-electron chi connectivity index (χ2n) is 6.77. The summed E-state index contributed by atoms with van der Waals surface area (Å²) in [6.07, 6.45) is 6.30. The minimum atomic E-state index is 0.135. The lowest BCUT2D eigenvalue weighted by atomic mass is 10.0. The van der Waals surface area contributed by atoms with Gasteiger partial charge in [0.1, 0.15) is 12.7 Å². The fourth-order valence-electron chi connectivity index (χ4n) is 3.62. The highest BCUT2D eigenvalue weighted by Crippen LogP contribution is 2.23. The molecule has 1 aliphatic heterocycles. The summed E-state index contributed by atoms with van der Waals surface area (Å²) in [5.41, 5.74) is 3.15. The summed E-state index contributed by atoms with van der Waals surface area (Å²) < 4.78 is 1.77. The maximum absolute atomic E-state index is 13.0. The molecule has 5 heteroatoms. The number of nitrogens with zero attached hydrogens (tertiary/aromatic N) is 4. The van der Waals surface area contributed by atoms with E-state index in [9.17, 15) is 4.79 Å². The number of amides is 1. The number of hydrogen-bond donors (Lipinski definition) is 0. The first-order chi connectivity index (χ1) is 12.8. The molecule has 2 heterocycles. The maximum Gasteiger partial charge on any atom is 0.254 e. The van der Waals surface area contributed by atoms with Crippen molar-refractivity contribution >= 4 is 5.91 Å². The van der Waals surface area contributed by atoms with Gasteiger partial charge in [-0.2, -0.15) is 5.10 Å². The Labute approximate surface area is 153 Å². The molecular weight excluding hydrogens is 324 g/mol. The Kier molecular flexibility index (Phi) is 4.78. The van der Waals surface area contributed by atoms with Crippen LogP contribution >= 0.6 is 0 Å². The molecule has 0 bridgehead atoms. The van der Waals surface area contributed by atoms with Crippen molar-refractivity contribution in [3.05, 3.63) is 83.9 Å². The molecule has 1 saturated heterocycles. The van der Waals surface area contributed by atoms with Crippen LogP contribution in [0.3, 0.4) is 0 Å². The largest absolute Gasteiger partial charge is 0.335 e. The first-order valence-electron chi connectivity index (χ1n) is 9.06. The van der Waals surface area contributed by atoms with Crippen molar-refractivity contribution in [2.45, 2.75) is 31.8 Å². The normalized spacial score (nSPS) is 16.8. The zero-order chi connectivity index (χ0) is 17.8. The number of aromatic nitrogens is 3. The fraction of sp³-hybridized carbons (Fsp3) is 0.286.